The number of benzene rings is 1. The molecule has 0 unspecified atom stereocenters. The first-order chi connectivity index (χ1) is 7.13. The van der Waals surface area contributed by atoms with Crippen LogP contribution in [0.3, 0.4) is 0 Å². The van der Waals surface area contributed by atoms with Crippen molar-refractivity contribution in [3.63, 3.8) is 0 Å². The van der Waals surface area contributed by atoms with E-state index in [4.69, 9.17) is 5.73 Å². The van der Waals surface area contributed by atoms with Crippen LogP contribution in [0.15, 0.2) is 22.7 Å². The Morgan fingerprint density at radius 2 is 2.19 bits per heavy atom. The van der Waals surface area contributed by atoms with Crippen molar-refractivity contribution in [2.24, 2.45) is 5.73 Å². The van der Waals surface area contributed by atoms with E-state index in [0.29, 0.717) is 13.0 Å². The molecule has 1 aromatic carbocycles. The van der Waals surface area contributed by atoms with Gasteiger partial charge in [-0.15, -0.1) is 12.4 Å². The van der Waals surface area contributed by atoms with E-state index in [9.17, 15) is 4.79 Å². The fourth-order valence-corrected chi connectivity index (χ4v) is 1.54. The standard InChI is InChI=1S/C11H15BrN2O.ClH/c1-8-4-5-9(7-10(8)12)14-11(15)3-2-6-13;/h4-5,7H,2-3,6,13H2,1H3,(H,14,15);1H. The second kappa shape index (κ2) is 7.65. The summed E-state index contributed by atoms with van der Waals surface area (Å²) in [6.07, 6.45) is 1.20. The number of nitrogens with two attached hydrogens (primary N) is 1. The molecule has 5 heteroatoms. The lowest BCUT2D eigenvalue weighted by Crippen LogP contribution is -2.13. The monoisotopic (exact) mass is 306 g/mol. The highest BCUT2D eigenvalue weighted by atomic mass is 79.9. The third kappa shape index (κ3) is 4.96. The Bertz CT molecular complexity index is 358. The summed E-state index contributed by atoms with van der Waals surface area (Å²) in [4.78, 5) is 11.4. The van der Waals surface area contributed by atoms with Gasteiger partial charge in [-0.25, -0.2) is 0 Å². The number of halogens is 2. The van der Waals surface area contributed by atoms with Crippen molar-refractivity contribution >= 4 is 39.9 Å². The molecule has 0 saturated heterocycles. The predicted octanol–water partition coefficient (Wildman–Crippen LogP) is 2.86. The largest absolute Gasteiger partial charge is 0.330 e. The van der Waals surface area contributed by atoms with Crippen molar-refractivity contribution in [1.29, 1.82) is 0 Å². The van der Waals surface area contributed by atoms with E-state index in [1.54, 1.807) is 0 Å². The zero-order chi connectivity index (χ0) is 11.3. The van der Waals surface area contributed by atoms with Gasteiger partial charge in [0.2, 0.25) is 5.91 Å². The van der Waals surface area contributed by atoms with Crippen molar-refractivity contribution in [3.8, 4) is 0 Å². The smallest absolute Gasteiger partial charge is 0.224 e. The zero-order valence-electron chi connectivity index (χ0n) is 9.13. The molecule has 0 fully saturated rings. The molecule has 0 atom stereocenters. The number of nitrogens with one attached hydrogen (secondary N) is 1. The van der Waals surface area contributed by atoms with Crippen LogP contribution in [0.25, 0.3) is 0 Å². The van der Waals surface area contributed by atoms with Gasteiger partial charge in [0.05, 0.1) is 0 Å². The normalized spacial score (nSPS) is 9.44. The molecule has 3 nitrogen and oxygen atoms in total. The molecule has 0 radical (unpaired) electrons. The van der Waals surface area contributed by atoms with Gasteiger partial charge in [0.1, 0.15) is 0 Å². The zero-order valence-corrected chi connectivity index (χ0v) is 11.5. The summed E-state index contributed by atoms with van der Waals surface area (Å²) in [6, 6.07) is 5.75. The van der Waals surface area contributed by atoms with Crippen LogP contribution in [-0.4, -0.2) is 12.5 Å². The molecule has 0 saturated carbocycles. The lowest BCUT2D eigenvalue weighted by atomic mass is 10.2. The van der Waals surface area contributed by atoms with Gasteiger partial charge in [0, 0.05) is 16.6 Å². The highest BCUT2D eigenvalue weighted by molar-refractivity contribution is 9.10. The Balaban J connectivity index is 0.00000225. The molecule has 90 valence electrons. The fourth-order valence-electron chi connectivity index (χ4n) is 1.16. The molecule has 0 heterocycles. The Morgan fingerprint density at radius 1 is 1.50 bits per heavy atom. The molecule has 0 aliphatic heterocycles. The summed E-state index contributed by atoms with van der Waals surface area (Å²) in [6.45, 7) is 2.55. The third-order valence-corrected chi connectivity index (χ3v) is 2.92. The number of hydrogen-bond acceptors (Lipinski definition) is 2. The predicted molar refractivity (Wildman–Crippen MR) is 73.0 cm³/mol. The first-order valence-electron chi connectivity index (χ1n) is 4.89. The van der Waals surface area contributed by atoms with Gasteiger partial charge in [-0.1, -0.05) is 22.0 Å². The number of aryl methyl sites for hydroxylation is 1. The van der Waals surface area contributed by atoms with Crippen molar-refractivity contribution < 1.29 is 4.79 Å². The molecular weight excluding hydrogens is 291 g/mol. The number of anilines is 1. The number of rotatable bonds is 4. The maximum Gasteiger partial charge on any atom is 0.224 e. The Labute approximate surface area is 110 Å². The van der Waals surface area contributed by atoms with Gasteiger partial charge in [-0.05, 0) is 37.6 Å². The number of hydrogen-bond donors (Lipinski definition) is 2. The average Bonchev–Trinajstić information content (AvgIpc) is 2.20. The molecule has 0 aliphatic carbocycles. The van der Waals surface area contributed by atoms with E-state index in [1.165, 1.54) is 0 Å². The first kappa shape index (κ1) is 15.4. The van der Waals surface area contributed by atoms with Crippen molar-refractivity contribution in [3.05, 3.63) is 28.2 Å². The molecule has 0 bridgehead atoms. The minimum absolute atomic E-state index is 0. The molecule has 0 aromatic heterocycles. The summed E-state index contributed by atoms with van der Waals surface area (Å²) in [5, 5.41) is 2.82. The molecule has 1 rings (SSSR count). The van der Waals surface area contributed by atoms with Crippen LogP contribution in [0.2, 0.25) is 0 Å². The fraction of sp³-hybridized carbons (Fsp3) is 0.364. The number of amides is 1. The van der Waals surface area contributed by atoms with Gasteiger partial charge in [0.25, 0.3) is 0 Å². The van der Waals surface area contributed by atoms with Crippen LogP contribution < -0.4 is 11.1 Å². The highest BCUT2D eigenvalue weighted by Gasteiger charge is 2.02. The molecular formula is C11H16BrClN2O. The third-order valence-electron chi connectivity index (χ3n) is 2.06. The van der Waals surface area contributed by atoms with Crippen LogP contribution in [0.4, 0.5) is 5.69 Å². The maximum absolute atomic E-state index is 11.4. The maximum atomic E-state index is 11.4. The van der Waals surface area contributed by atoms with E-state index in [0.717, 1.165) is 22.1 Å². The second-order valence-electron chi connectivity index (χ2n) is 3.40. The SMILES string of the molecule is Cc1ccc(NC(=O)CCCN)cc1Br.Cl. The van der Waals surface area contributed by atoms with Crippen LogP contribution in [0.5, 0.6) is 0 Å². The first-order valence-corrected chi connectivity index (χ1v) is 5.69. The van der Waals surface area contributed by atoms with E-state index < -0.39 is 0 Å². The minimum Gasteiger partial charge on any atom is -0.330 e. The highest BCUT2D eigenvalue weighted by Crippen LogP contribution is 2.20. The van der Waals surface area contributed by atoms with Gasteiger partial charge in [0.15, 0.2) is 0 Å². The van der Waals surface area contributed by atoms with Crippen LogP contribution in [-0.2, 0) is 4.79 Å². The number of carbonyl (C=O) groups is 1. The molecule has 1 amide bonds. The summed E-state index contributed by atoms with van der Waals surface area (Å²) < 4.78 is 0.999. The summed E-state index contributed by atoms with van der Waals surface area (Å²) in [7, 11) is 0. The topological polar surface area (TPSA) is 55.1 Å². The van der Waals surface area contributed by atoms with E-state index >= 15 is 0 Å². The Hall–Kier alpha value is -0.580. The van der Waals surface area contributed by atoms with Crippen molar-refractivity contribution in [1.82, 2.24) is 0 Å². The number of carbonyl (C=O) groups excluding carboxylic acids is 1. The Kier molecular flexibility index (Phi) is 7.38. The summed E-state index contributed by atoms with van der Waals surface area (Å²) in [5.41, 5.74) is 7.29. The molecule has 16 heavy (non-hydrogen) atoms. The quantitative estimate of drug-likeness (QED) is 0.898. The second-order valence-corrected chi connectivity index (χ2v) is 4.26. The lowest BCUT2D eigenvalue weighted by molar-refractivity contribution is -0.116. The molecule has 1 aromatic rings. The van der Waals surface area contributed by atoms with Gasteiger partial charge in [-0.2, -0.15) is 0 Å². The minimum atomic E-state index is 0. The van der Waals surface area contributed by atoms with Gasteiger partial charge < -0.3 is 11.1 Å². The van der Waals surface area contributed by atoms with Gasteiger partial charge >= 0.3 is 0 Å². The van der Waals surface area contributed by atoms with Crippen LogP contribution >= 0.6 is 28.3 Å². The van der Waals surface area contributed by atoms with Crippen LogP contribution in [0, 0.1) is 6.92 Å². The van der Waals surface area contributed by atoms with E-state index in [-0.39, 0.29) is 18.3 Å². The van der Waals surface area contributed by atoms with Crippen molar-refractivity contribution in [2.75, 3.05) is 11.9 Å². The lowest BCUT2D eigenvalue weighted by Gasteiger charge is -2.06. The molecule has 0 spiro atoms. The summed E-state index contributed by atoms with van der Waals surface area (Å²) >= 11 is 3.42. The van der Waals surface area contributed by atoms with Crippen molar-refractivity contribution in [2.45, 2.75) is 19.8 Å². The average molecular weight is 308 g/mol. The molecule has 0 aliphatic rings. The Morgan fingerprint density at radius 3 is 2.75 bits per heavy atom. The summed E-state index contributed by atoms with van der Waals surface area (Å²) in [5.74, 6) is 0.0104. The van der Waals surface area contributed by atoms with E-state index in [2.05, 4.69) is 21.2 Å². The molecule has 3 N–H and O–H groups in total. The van der Waals surface area contributed by atoms with E-state index in [1.807, 2.05) is 25.1 Å². The van der Waals surface area contributed by atoms with Gasteiger partial charge in [-0.3, -0.25) is 4.79 Å². The van der Waals surface area contributed by atoms with Crippen LogP contribution in [0.1, 0.15) is 18.4 Å².